The maximum Gasteiger partial charge on any atom is 0.251 e. The summed E-state index contributed by atoms with van der Waals surface area (Å²) in [5.41, 5.74) is 4.21. The van der Waals surface area contributed by atoms with Gasteiger partial charge in [0.15, 0.2) is 0 Å². The minimum Gasteiger partial charge on any atom is -0.378 e. The van der Waals surface area contributed by atoms with Gasteiger partial charge in [-0.15, -0.1) is 0 Å². The molecule has 0 unspecified atom stereocenters. The van der Waals surface area contributed by atoms with Crippen molar-refractivity contribution in [2.24, 2.45) is 11.7 Å². The molecule has 1 aromatic carbocycles. The number of amides is 2. The Bertz CT molecular complexity index is 577. The van der Waals surface area contributed by atoms with E-state index in [0.29, 0.717) is 12.0 Å². The monoisotopic (exact) mass is 328 g/mol. The van der Waals surface area contributed by atoms with E-state index in [2.05, 4.69) is 19.2 Å². The van der Waals surface area contributed by atoms with Crippen molar-refractivity contribution in [3.05, 3.63) is 29.3 Å². The number of primary amides is 1. The lowest BCUT2D eigenvalue weighted by atomic mass is 10.1. The van der Waals surface area contributed by atoms with Crippen LogP contribution in [0.25, 0.3) is 0 Å². The first-order valence-corrected chi connectivity index (χ1v) is 7.41. The van der Waals surface area contributed by atoms with E-state index >= 15 is 0 Å². The van der Waals surface area contributed by atoms with Crippen LogP contribution in [0.2, 0.25) is 0 Å². The molecule has 0 saturated carbocycles. The molecule has 2 amide bonds. The fourth-order valence-electron chi connectivity index (χ4n) is 2.13. The predicted molar refractivity (Wildman–Crippen MR) is 83.0 cm³/mol. The molecule has 0 aromatic heterocycles. The molecule has 3 N–H and O–H groups in total. The van der Waals surface area contributed by atoms with Crippen molar-refractivity contribution in [3.63, 3.8) is 0 Å². The number of halogens is 2. The van der Waals surface area contributed by atoms with E-state index < -0.39 is 29.0 Å². The number of anilines is 1. The molecule has 0 bridgehead atoms. The first-order valence-electron chi connectivity index (χ1n) is 7.41. The van der Waals surface area contributed by atoms with Crippen molar-refractivity contribution in [2.75, 3.05) is 11.9 Å². The van der Waals surface area contributed by atoms with Crippen molar-refractivity contribution in [2.45, 2.75) is 39.7 Å². The zero-order chi connectivity index (χ0) is 17.6. The van der Waals surface area contributed by atoms with Gasteiger partial charge >= 0.3 is 0 Å². The lowest BCUT2D eigenvalue weighted by Crippen LogP contribution is -2.19. The Morgan fingerprint density at radius 3 is 2.43 bits per heavy atom. The van der Waals surface area contributed by atoms with Crippen molar-refractivity contribution < 1.29 is 23.1 Å². The van der Waals surface area contributed by atoms with Gasteiger partial charge in [0, 0.05) is 6.07 Å². The number of carbonyl (C=O) groups is 2. The lowest BCUT2D eigenvalue weighted by molar-refractivity contribution is -0.117. The maximum atomic E-state index is 13.6. The Labute approximate surface area is 134 Å². The van der Waals surface area contributed by atoms with E-state index in [0.717, 1.165) is 12.5 Å². The first kappa shape index (κ1) is 19.0. The number of hydrogen-bond acceptors (Lipinski definition) is 3. The molecule has 1 rings (SSSR count). The number of hydrogen-bond donors (Lipinski definition) is 2. The molecule has 23 heavy (non-hydrogen) atoms. The van der Waals surface area contributed by atoms with Crippen LogP contribution in [0.3, 0.4) is 0 Å². The van der Waals surface area contributed by atoms with Gasteiger partial charge in [0.05, 0.1) is 30.4 Å². The zero-order valence-electron chi connectivity index (χ0n) is 13.5. The van der Waals surface area contributed by atoms with E-state index in [4.69, 9.17) is 10.5 Å². The van der Waals surface area contributed by atoms with Gasteiger partial charge < -0.3 is 15.8 Å². The minimum atomic E-state index is -1.07. The number of ether oxygens (including phenoxy) is 1. The van der Waals surface area contributed by atoms with Crippen LogP contribution < -0.4 is 11.1 Å². The Balaban J connectivity index is 2.58. The Kier molecular flexibility index (Phi) is 7.09. The quantitative estimate of drug-likeness (QED) is 0.770. The predicted octanol–water partition coefficient (Wildman–Crippen LogP) is 2.84. The van der Waals surface area contributed by atoms with Crippen LogP contribution in [-0.2, 0) is 9.53 Å². The van der Waals surface area contributed by atoms with Gasteiger partial charge in [0.1, 0.15) is 11.6 Å². The molecule has 0 heterocycles. The summed E-state index contributed by atoms with van der Waals surface area (Å²) in [6.07, 6.45) is 0.910. The van der Waals surface area contributed by atoms with Gasteiger partial charge in [-0.05, 0) is 25.3 Å². The van der Waals surface area contributed by atoms with Gasteiger partial charge in [-0.25, -0.2) is 8.78 Å². The molecule has 5 nitrogen and oxygen atoms in total. The zero-order valence-corrected chi connectivity index (χ0v) is 13.5. The van der Waals surface area contributed by atoms with Crippen LogP contribution >= 0.6 is 0 Å². The highest BCUT2D eigenvalue weighted by atomic mass is 19.1. The van der Waals surface area contributed by atoms with Gasteiger partial charge in [-0.2, -0.15) is 0 Å². The van der Waals surface area contributed by atoms with Crippen LogP contribution in [0.1, 0.15) is 44.0 Å². The summed E-state index contributed by atoms with van der Waals surface area (Å²) in [5, 5.41) is 2.28. The average molecular weight is 328 g/mol. The number of nitrogens with one attached hydrogen (secondary N) is 1. The average Bonchev–Trinajstić information content (AvgIpc) is 2.40. The van der Waals surface area contributed by atoms with Crippen molar-refractivity contribution in [1.29, 1.82) is 0 Å². The Morgan fingerprint density at radius 2 is 1.87 bits per heavy atom. The topological polar surface area (TPSA) is 81.4 Å². The molecule has 1 aromatic rings. The fourth-order valence-corrected chi connectivity index (χ4v) is 2.13. The van der Waals surface area contributed by atoms with Crippen LogP contribution in [0, 0.1) is 17.6 Å². The fraction of sp³-hybridized carbons (Fsp3) is 0.500. The highest BCUT2D eigenvalue weighted by Crippen LogP contribution is 2.19. The van der Waals surface area contributed by atoms with Crippen molar-refractivity contribution in [1.82, 2.24) is 0 Å². The molecule has 0 aliphatic carbocycles. The summed E-state index contributed by atoms with van der Waals surface area (Å²) in [7, 11) is 0. The summed E-state index contributed by atoms with van der Waals surface area (Å²) >= 11 is 0. The smallest absolute Gasteiger partial charge is 0.251 e. The molecular weight excluding hydrogens is 306 g/mol. The number of rotatable bonds is 8. The number of benzene rings is 1. The normalized spacial score (nSPS) is 12.3. The minimum absolute atomic E-state index is 0.0190. The van der Waals surface area contributed by atoms with Crippen molar-refractivity contribution >= 4 is 17.5 Å². The van der Waals surface area contributed by atoms with Gasteiger partial charge in [0.25, 0.3) is 5.91 Å². The summed E-state index contributed by atoms with van der Waals surface area (Å²) < 4.78 is 32.4. The Hall–Kier alpha value is -2.02. The molecule has 128 valence electrons. The second kappa shape index (κ2) is 8.57. The van der Waals surface area contributed by atoms with Crippen LogP contribution in [0.4, 0.5) is 14.5 Å². The molecular formula is C16H22F2N2O3. The van der Waals surface area contributed by atoms with Crippen LogP contribution in [-0.4, -0.2) is 24.5 Å². The van der Waals surface area contributed by atoms with Crippen LogP contribution in [0.15, 0.2) is 12.1 Å². The first-order chi connectivity index (χ1) is 10.7. The summed E-state index contributed by atoms with van der Waals surface area (Å²) in [6, 6.07) is 1.39. The van der Waals surface area contributed by atoms with Gasteiger partial charge in [-0.3, -0.25) is 9.59 Å². The molecule has 7 heteroatoms. The van der Waals surface area contributed by atoms with E-state index in [-0.39, 0.29) is 24.8 Å². The van der Waals surface area contributed by atoms with E-state index in [9.17, 15) is 18.4 Å². The second-order valence-electron chi connectivity index (χ2n) is 5.79. The maximum absolute atomic E-state index is 13.6. The van der Waals surface area contributed by atoms with Gasteiger partial charge in [-0.1, -0.05) is 13.8 Å². The molecule has 0 radical (unpaired) electrons. The summed E-state index contributed by atoms with van der Waals surface area (Å²) in [5.74, 6) is -3.10. The van der Waals surface area contributed by atoms with E-state index in [1.54, 1.807) is 0 Å². The molecule has 0 saturated heterocycles. The Morgan fingerprint density at radius 1 is 1.22 bits per heavy atom. The largest absolute Gasteiger partial charge is 0.378 e. The van der Waals surface area contributed by atoms with E-state index in [1.807, 2.05) is 6.92 Å². The molecule has 0 aliphatic rings. The third-order valence-electron chi connectivity index (χ3n) is 3.13. The number of carbonyl (C=O) groups excluding carboxylic acids is 2. The third-order valence-corrected chi connectivity index (χ3v) is 3.13. The molecule has 0 aliphatic heterocycles. The van der Waals surface area contributed by atoms with Crippen molar-refractivity contribution in [3.8, 4) is 0 Å². The standard InChI is InChI=1S/C16H22F2N2O3/c1-9(2)6-10(3)23-5-4-15(21)20-14-7-11(16(19)22)12(17)8-13(14)18/h7-10H,4-6H2,1-3H3,(H2,19,22)(H,20,21)/t10-/m0/s1. The lowest BCUT2D eigenvalue weighted by Gasteiger charge is -2.15. The SMILES string of the molecule is CC(C)C[C@H](C)OCCC(=O)Nc1cc(C(N)=O)c(F)cc1F. The second-order valence-corrected chi connectivity index (χ2v) is 5.79. The summed E-state index contributed by atoms with van der Waals surface area (Å²) in [4.78, 5) is 22.8. The molecule has 0 spiro atoms. The highest BCUT2D eigenvalue weighted by molar-refractivity contribution is 5.96. The number of nitrogens with two attached hydrogens (primary N) is 1. The van der Waals surface area contributed by atoms with Gasteiger partial charge in [0.2, 0.25) is 5.91 Å². The summed E-state index contributed by atoms with van der Waals surface area (Å²) in [6.45, 7) is 6.24. The van der Waals surface area contributed by atoms with E-state index in [1.165, 1.54) is 0 Å². The highest BCUT2D eigenvalue weighted by Gasteiger charge is 2.15. The molecule has 1 atom stereocenters. The van der Waals surface area contributed by atoms with Crippen LogP contribution in [0.5, 0.6) is 0 Å². The molecule has 0 fully saturated rings. The third kappa shape index (κ3) is 6.32.